The number of methoxy groups -OCH3 is 1. The van der Waals surface area contributed by atoms with E-state index in [9.17, 15) is 0 Å². The van der Waals surface area contributed by atoms with Gasteiger partial charge in [0.1, 0.15) is 17.6 Å². The Labute approximate surface area is 125 Å². The minimum Gasteiger partial charge on any atom is -0.377 e. The number of ether oxygens (including phenoxy) is 1. The van der Waals surface area contributed by atoms with E-state index in [1.807, 2.05) is 6.07 Å². The Kier molecular flexibility index (Phi) is 4.13. The van der Waals surface area contributed by atoms with Gasteiger partial charge in [0.15, 0.2) is 5.82 Å². The largest absolute Gasteiger partial charge is 0.377 e. The van der Waals surface area contributed by atoms with Crippen LogP contribution in [-0.4, -0.2) is 30.2 Å². The Morgan fingerprint density at radius 1 is 1.20 bits per heavy atom. The summed E-state index contributed by atoms with van der Waals surface area (Å²) in [7, 11) is 1.65. The van der Waals surface area contributed by atoms with Gasteiger partial charge >= 0.3 is 0 Å². The van der Waals surface area contributed by atoms with Gasteiger partial charge in [0, 0.05) is 26.3 Å². The van der Waals surface area contributed by atoms with Crippen molar-refractivity contribution in [1.29, 1.82) is 0 Å². The first-order valence-corrected chi connectivity index (χ1v) is 7.86. The van der Waals surface area contributed by atoms with Crippen molar-refractivity contribution in [2.24, 2.45) is 5.41 Å². The summed E-state index contributed by atoms with van der Waals surface area (Å²) in [6, 6.07) is 1.87. The van der Waals surface area contributed by atoms with E-state index in [-0.39, 0.29) is 0 Å². The van der Waals surface area contributed by atoms with Crippen molar-refractivity contribution in [3.05, 3.63) is 17.0 Å². The van der Waals surface area contributed by atoms with Crippen LogP contribution >= 0.6 is 11.6 Å². The molecule has 2 heterocycles. The van der Waals surface area contributed by atoms with E-state index in [0.717, 1.165) is 18.9 Å². The van der Waals surface area contributed by atoms with E-state index in [1.54, 1.807) is 7.11 Å². The maximum absolute atomic E-state index is 6.09. The first kappa shape index (κ1) is 14.1. The molecule has 0 aromatic carbocycles. The van der Waals surface area contributed by atoms with Gasteiger partial charge in [0.25, 0.3) is 0 Å². The molecular weight excluding hydrogens is 274 g/mol. The van der Waals surface area contributed by atoms with Crippen LogP contribution in [0, 0.1) is 5.41 Å². The van der Waals surface area contributed by atoms with Crippen molar-refractivity contribution in [2.45, 2.75) is 45.1 Å². The molecule has 3 rings (SSSR count). The highest BCUT2D eigenvalue weighted by Crippen LogP contribution is 2.46. The third-order valence-corrected chi connectivity index (χ3v) is 5.01. The lowest BCUT2D eigenvalue weighted by Crippen LogP contribution is -2.39. The van der Waals surface area contributed by atoms with E-state index in [2.05, 4.69) is 14.9 Å². The predicted octanol–water partition coefficient (Wildman–Crippen LogP) is 3.44. The standard InChI is InChI=1S/C15H22ClN3O/c1-20-11-13-17-12(16)10-14(18-13)19-8-6-15(7-9-19)4-2-3-5-15/h10H,2-9,11H2,1H3. The van der Waals surface area contributed by atoms with Gasteiger partial charge in [-0.05, 0) is 31.1 Å². The molecule has 0 N–H and O–H groups in total. The Morgan fingerprint density at radius 2 is 1.90 bits per heavy atom. The predicted molar refractivity (Wildman–Crippen MR) is 80.1 cm³/mol. The zero-order valence-corrected chi connectivity index (χ0v) is 12.8. The summed E-state index contributed by atoms with van der Waals surface area (Å²) in [5.41, 5.74) is 0.628. The molecule has 1 aromatic rings. The van der Waals surface area contributed by atoms with E-state index in [1.165, 1.54) is 38.5 Å². The molecular formula is C15H22ClN3O. The van der Waals surface area contributed by atoms with Gasteiger partial charge in [-0.1, -0.05) is 24.4 Å². The SMILES string of the molecule is COCc1nc(Cl)cc(N2CCC3(CCCC3)CC2)n1. The van der Waals surface area contributed by atoms with Crippen molar-refractivity contribution >= 4 is 17.4 Å². The first-order chi connectivity index (χ1) is 9.71. The highest BCUT2D eigenvalue weighted by atomic mass is 35.5. The average Bonchev–Trinajstić information content (AvgIpc) is 2.88. The monoisotopic (exact) mass is 295 g/mol. The van der Waals surface area contributed by atoms with Crippen LogP contribution in [0.1, 0.15) is 44.3 Å². The Balaban J connectivity index is 1.71. The molecule has 20 heavy (non-hydrogen) atoms. The summed E-state index contributed by atoms with van der Waals surface area (Å²) < 4.78 is 5.10. The molecule has 0 radical (unpaired) electrons. The van der Waals surface area contributed by atoms with Gasteiger partial charge < -0.3 is 9.64 Å². The third-order valence-electron chi connectivity index (χ3n) is 4.81. The maximum atomic E-state index is 6.09. The lowest BCUT2D eigenvalue weighted by atomic mass is 9.77. The average molecular weight is 296 g/mol. The van der Waals surface area contributed by atoms with Crippen LogP contribution < -0.4 is 4.90 Å². The van der Waals surface area contributed by atoms with Gasteiger partial charge in [-0.25, -0.2) is 9.97 Å². The van der Waals surface area contributed by atoms with Crippen LogP contribution in [0.4, 0.5) is 5.82 Å². The van der Waals surface area contributed by atoms with E-state index >= 15 is 0 Å². The minimum absolute atomic E-state index is 0.408. The van der Waals surface area contributed by atoms with Crippen molar-refractivity contribution < 1.29 is 4.74 Å². The van der Waals surface area contributed by atoms with Crippen molar-refractivity contribution in [2.75, 3.05) is 25.1 Å². The number of hydrogen-bond acceptors (Lipinski definition) is 4. The van der Waals surface area contributed by atoms with E-state index in [0.29, 0.717) is 23.0 Å². The molecule has 0 amide bonds. The molecule has 2 aliphatic rings. The summed E-state index contributed by atoms with van der Waals surface area (Å²) in [5, 5.41) is 0.503. The fourth-order valence-corrected chi connectivity index (χ4v) is 3.84. The number of hydrogen-bond donors (Lipinski definition) is 0. The third kappa shape index (κ3) is 2.91. The maximum Gasteiger partial charge on any atom is 0.158 e. The molecule has 0 bridgehead atoms. The highest BCUT2D eigenvalue weighted by Gasteiger charge is 2.37. The lowest BCUT2D eigenvalue weighted by molar-refractivity contribution is 0.177. The summed E-state index contributed by atoms with van der Waals surface area (Å²) >= 11 is 6.09. The molecule has 110 valence electrons. The van der Waals surface area contributed by atoms with Crippen LogP contribution in [0.25, 0.3) is 0 Å². The summed E-state index contributed by atoms with van der Waals surface area (Å²) in [4.78, 5) is 11.1. The fraction of sp³-hybridized carbons (Fsp3) is 0.733. The quantitative estimate of drug-likeness (QED) is 0.801. The van der Waals surface area contributed by atoms with Gasteiger partial charge in [-0.15, -0.1) is 0 Å². The number of piperidine rings is 1. The molecule has 0 atom stereocenters. The topological polar surface area (TPSA) is 38.2 Å². The molecule has 1 aromatic heterocycles. The summed E-state index contributed by atoms with van der Waals surface area (Å²) in [5.74, 6) is 1.61. The van der Waals surface area contributed by atoms with E-state index < -0.39 is 0 Å². The summed E-state index contributed by atoms with van der Waals surface area (Å²) in [6.45, 7) is 2.57. The van der Waals surface area contributed by atoms with Crippen LogP contribution in [0.3, 0.4) is 0 Å². The minimum atomic E-state index is 0.408. The van der Waals surface area contributed by atoms with Crippen LogP contribution in [-0.2, 0) is 11.3 Å². The van der Waals surface area contributed by atoms with Crippen LogP contribution in [0.5, 0.6) is 0 Å². The Bertz CT molecular complexity index is 464. The number of halogens is 1. The second-order valence-corrected chi connectivity index (χ2v) is 6.48. The molecule has 1 spiro atoms. The van der Waals surface area contributed by atoms with Gasteiger partial charge in [0.05, 0.1) is 0 Å². The fourth-order valence-electron chi connectivity index (χ4n) is 3.64. The molecule has 1 saturated carbocycles. The Hall–Kier alpha value is -0.870. The molecule has 5 heteroatoms. The van der Waals surface area contributed by atoms with Crippen LogP contribution in [0.2, 0.25) is 5.15 Å². The normalized spacial score (nSPS) is 21.6. The van der Waals surface area contributed by atoms with Gasteiger partial charge in [-0.3, -0.25) is 0 Å². The zero-order chi connectivity index (χ0) is 14.0. The number of rotatable bonds is 3. The number of anilines is 1. The lowest BCUT2D eigenvalue weighted by Gasteiger charge is -2.40. The smallest absolute Gasteiger partial charge is 0.158 e. The highest BCUT2D eigenvalue weighted by molar-refractivity contribution is 6.29. The zero-order valence-electron chi connectivity index (χ0n) is 12.1. The molecule has 4 nitrogen and oxygen atoms in total. The first-order valence-electron chi connectivity index (χ1n) is 7.48. The summed E-state index contributed by atoms with van der Waals surface area (Å²) in [6.07, 6.45) is 8.23. The van der Waals surface area contributed by atoms with E-state index in [4.69, 9.17) is 16.3 Å². The van der Waals surface area contributed by atoms with Crippen LogP contribution in [0.15, 0.2) is 6.07 Å². The van der Waals surface area contributed by atoms with Crippen molar-refractivity contribution in [3.63, 3.8) is 0 Å². The Morgan fingerprint density at radius 3 is 2.55 bits per heavy atom. The van der Waals surface area contributed by atoms with Gasteiger partial charge in [0.2, 0.25) is 0 Å². The molecule has 1 saturated heterocycles. The molecule has 1 aliphatic carbocycles. The molecule has 2 fully saturated rings. The molecule has 0 unspecified atom stereocenters. The van der Waals surface area contributed by atoms with Crippen molar-refractivity contribution in [3.8, 4) is 0 Å². The molecule has 1 aliphatic heterocycles. The van der Waals surface area contributed by atoms with Crippen molar-refractivity contribution in [1.82, 2.24) is 9.97 Å². The second-order valence-electron chi connectivity index (χ2n) is 6.09. The number of aromatic nitrogens is 2. The number of nitrogens with zero attached hydrogens (tertiary/aromatic N) is 3. The second kappa shape index (κ2) is 5.86. The van der Waals surface area contributed by atoms with Gasteiger partial charge in [-0.2, -0.15) is 0 Å².